The molecule has 0 aromatic heterocycles. The van der Waals surface area contributed by atoms with Crippen LogP contribution < -0.4 is 10.1 Å². The fourth-order valence-corrected chi connectivity index (χ4v) is 4.15. The van der Waals surface area contributed by atoms with Crippen LogP contribution in [0.4, 0.5) is 0 Å². The molecule has 1 aliphatic heterocycles. The maximum absolute atomic E-state index is 12.6. The van der Waals surface area contributed by atoms with Gasteiger partial charge in [-0.25, -0.2) is 0 Å². The molecule has 162 valence electrons. The Bertz CT molecular complexity index is 1010. The number of fused-ring (bicyclic) bond motifs is 1. The number of rotatable bonds is 7. The second-order valence-corrected chi connectivity index (χ2v) is 8.30. The summed E-state index contributed by atoms with van der Waals surface area (Å²) < 4.78 is 5.23. The van der Waals surface area contributed by atoms with Crippen LogP contribution in [0.3, 0.4) is 0 Å². The molecular weight excluding hydrogens is 386 g/mol. The maximum atomic E-state index is 12.6. The van der Waals surface area contributed by atoms with Gasteiger partial charge in [0.15, 0.2) is 0 Å². The van der Waals surface area contributed by atoms with Crippen LogP contribution >= 0.6 is 0 Å². The summed E-state index contributed by atoms with van der Waals surface area (Å²) in [5.41, 5.74) is 2.42. The zero-order valence-electron chi connectivity index (χ0n) is 18.4. The fraction of sp³-hybridized carbons (Fsp3) is 0.346. The van der Waals surface area contributed by atoms with Gasteiger partial charge in [0.05, 0.1) is 19.7 Å². The van der Waals surface area contributed by atoms with Gasteiger partial charge >= 0.3 is 0 Å². The molecule has 1 atom stereocenters. The summed E-state index contributed by atoms with van der Waals surface area (Å²) in [7, 11) is 1.69. The number of nitrogens with one attached hydrogen (secondary N) is 1. The lowest BCUT2D eigenvalue weighted by molar-refractivity contribution is -0.123. The number of benzene rings is 3. The van der Waals surface area contributed by atoms with Crippen LogP contribution in [0.1, 0.15) is 24.1 Å². The van der Waals surface area contributed by atoms with Crippen LogP contribution in [0.25, 0.3) is 10.8 Å². The van der Waals surface area contributed by atoms with Gasteiger partial charge in [-0.2, -0.15) is 0 Å². The summed E-state index contributed by atoms with van der Waals surface area (Å²) in [6.07, 6.45) is 0. The number of nitrogens with zero attached hydrogens (tertiary/aromatic N) is 2. The zero-order chi connectivity index (χ0) is 21.6. The average molecular weight is 418 g/mol. The van der Waals surface area contributed by atoms with Crippen LogP contribution in [0, 0.1) is 0 Å². The monoisotopic (exact) mass is 417 g/mol. The predicted octanol–water partition coefficient (Wildman–Crippen LogP) is 3.84. The van der Waals surface area contributed by atoms with E-state index in [1.165, 1.54) is 16.3 Å². The number of carbonyl (C=O) groups is 1. The van der Waals surface area contributed by atoms with Crippen molar-refractivity contribution in [2.45, 2.75) is 19.5 Å². The summed E-state index contributed by atoms with van der Waals surface area (Å²) in [4.78, 5) is 17.3. The fourth-order valence-electron chi connectivity index (χ4n) is 4.15. The lowest BCUT2D eigenvalue weighted by Gasteiger charge is -2.34. The Hall–Kier alpha value is -2.89. The number of hydrogen-bond acceptors (Lipinski definition) is 4. The Kier molecular flexibility index (Phi) is 6.85. The molecule has 1 N–H and O–H groups in total. The first kappa shape index (κ1) is 21.3. The van der Waals surface area contributed by atoms with Gasteiger partial charge < -0.3 is 10.1 Å². The maximum Gasteiger partial charge on any atom is 0.234 e. The third-order valence-corrected chi connectivity index (χ3v) is 6.05. The highest BCUT2D eigenvalue weighted by Crippen LogP contribution is 2.20. The number of carbonyl (C=O) groups excluding carboxylic acids is 1. The van der Waals surface area contributed by atoms with Crippen molar-refractivity contribution in [1.29, 1.82) is 0 Å². The van der Waals surface area contributed by atoms with Crippen molar-refractivity contribution in [2.75, 3.05) is 39.8 Å². The number of methoxy groups -OCH3 is 1. The largest absolute Gasteiger partial charge is 0.497 e. The Morgan fingerprint density at radius 1 is 0.935 bits per heavy atom. The molecule has 3 aromatic carbocycles. The van der Waals surface area contributed by atoms with E-state index in [1.54, 1.807) is 7.11 Å². The Morgan fingerprint density at radius 3 is 2.32 bits per heavy atom. The molecule has 0 bridgehead atoms. The molecule has 1 aliphatic rings. The topological polar surface area (TPSA) is 44.8 Å². The molecule has 0 aliphatic carbocycles. The number of piperazine rings is 1. The summed E-state index contributed by atoms with van der Waals surface area (Å²) >= 11 is 0. The smallest absolute Gasteiger partial charge is 0.234 e. The molecular formula is C26H31N3O2. The number of amides is 1. The molecule has 1 amide bonds. The average Bonchev–Trinajstić information content (AvgIpc) is 2.80. The van der Waals surface area contributed by atoms with E-state index in [-0.39, 0.29) is 11.9 Å². The van der Waals surface area contributed by atoms with E-state index in [9.17, 15) is 4.79 Å². The van der Waals surface area contributed by atoms with Crippen LogP contribution in [0.5, 0.6) is 5.75 Å². The zero-order valence-corrected chi connectivity index (χ0v) is 18.4. The van der Waals surface area contributed by atoms with Crippen molar-refractivity contribution in [2.24, 2.45) is 0 Å². The Morgan fingerprint density at radius 2 is 1.61 bits per heavy atom. The van der Waals surface area contributed by atoms with E-state index in [0.29, 0.717) is 6.54 Å². The van der Waals surface area contributed by atoms with E-state index in [2.05, 4.69) is 64.5 Å². The standard InChI is InChI=1S/C26H31N3O2/c1-20(23-10-9-22-5-3-4-6-24(22)17-23)27-26(30)19-29-15-13-28(14-16-29)18-21-7-11-25(31-2)12-8-21/h3-12,17,20H,13-16,18-19H2,1-2H3,(H,27,30)/t20-/m0/s1. The molecule has 4 rings (SSSR count). The van der Waals surface area contributed by atoms with E-state index < -0.39 is 0 Å². The van der Waals surface area contributed by atoms with Crippen molar-refractivity contribution in [3.8, 4) is 5.75 Å². The van der Waals surface area contributed by atoms with E-state index >= 15 is 0 Å². The third-order valence-electron chi connectivity index (χ3n) is 6.05. The van der Waals surface area contributed by atoms with Gasteiger partial charge in [0, 0.05) is 32.7 Å². The lowest BCUT2D eigenvalue weighted by atomic mass is 10.0. The molecule has 0 unspecified atom stereocenters. The normalized spacial score (nSPS) is 16.2. The Balaban J connectivity index is 1.23. The van der Waals surface area contributed by atoms with Gasteiger partial charge in [0.25, 0.3) is 0 Å². The van der Waals surface area contributed by atoms with Crippen LogP contribution in [0.15, 0.2) is 66.7 Å². The van der Waals surface area contributed by atoms with Gasteiger partial charge in [-0.3, -0.25) is 14.6 Å². The minimum Gasteiger partial charge on any atom is -0.497 e. The number of hydrogen-bond donors (Lipinski definition) is 1. The van der Waals surface area contributed by atoms with Gasteiger partial charge in [-0.05, 0) is 47.0 Å². The first-order valence-electron chi connectivity index (χ1n) is 11.0. The second kappa shape index (κ2) is 9.94. The highest BCUT2D eigenvalue weighted by Gasteiger charge is 2.20. The third kappa shape index (κ3) is 5.63. The summed E-state index contributed by atoms with van der Waals surface area (Å²) in [5.74, 6) is 0.974. The van der Waals surface area contributed by atoms with Gasteiger partial charge in [0.2, 0.25) is 5.91 Å². The van der Waals surface area contributed by atoms with E-state index in [1.807, 2.05) is 24.3 Å². The summed E-state index contributed by atoms with van der Waals surface area (Å²) in [6.45, 7) is 7.20. The minimum absolute atomic E-state index is 0.00605. The van der Waals surface area contributed by atoms with Crippen molar-refractivity contribution >= 4 is 16.7 Å². The van der Waals surface area contributed by atoms with E-state index in [4.69, 9.17) is 4.74 Å². The molecule has 0 spiro atoms. The minimum atomic E-state index is -0.00605. The molecule has 1 fully saturated rings. The number of ether oxygens (including phenoxy) is 1. The SMILES string of the molecule is COc1ccc(CN2CCN(CC(=O)N[C@@H](C)c3ccc4ccccc4c3)CC2)cc1. The van der Waals surface area contributed by atoms with Gasteiger partial charge in [0.1, 0.15) is 5.75 Å². The first-order valence-corrected chi connectivity index (χ1v) is 11.0. The molecule has 5 nitrogen and oxygen atoms in total. The molecule has 1 heterocycles. The molecule has 0 saturated carbocycles. The predicted molar refractivity (Wildman–Crippen MR) is 125 cm³/mol. The Labute approximate surface area is 184 Å². The summed E-state index contributed by atoms with van der Waals surface area (Å²) in [5, 5.41) is 5.59. The quantitative estimate of drug-likeness (QED) is 0.634. The van der Waals surface area contributed by atoms with Crippen LogP contribution in [0.2, 0.25) is 0 Å². The van der Waals surface area contributed by atoms with Crippen LogP contribution in [-0.2, 0) is 11.3 Å². The summed E-state index contributed by atoms with van der Waals surface area (Å²) in [6, 6.07) is 22.9. The molecule has 31 heavy (non-hydrogen) atoms. The van der Waals surface area contributed by atoms with Gasteiger partial charge in [-0.15, -0.1) is 0 Å². The lowest BCUT2D eigenvalue weighted by Crippen LogP contribution is -2.49. The molecule has 5 heteroatoms. The van der Waals surface area contributed by atoms with Crippen molar-refractivity contribution in [3.05, 3.63) is 77.9 Å². The second-order valence-electron chi connectivity index (χ2n) is 8.30. The van der Waals surface area contributed by atoms with Crippen molar-refractivity contribution < 1.29 is 9.53 Å². The molecule has 3 aromatic rings. The van der Waals surface area contributed by atoms with E-state index in [0.717, 1.165) is 44.0 Å². The highest BCUT2D eigenvalue weighted by atomic mass is 16.5. The van der Waals surface area contributed by atoms with Crippen molar-refractivity contribution in [3.63, 3.8) is 0 Å². The molecule has 0 radical (unpaired) electrons. The van der Waals surface area contributed by atoms with Gasteiger partial charge in [-0.1, -0.05) is 48.5 Å². The van der Waals surface area contributed by atoms with Crippen LogP contribution in [-0.4, -0.2) is 55.5 Å². The highest BCUT2D eigenvalue weighted by molar-refractivity contribution is 5.83. The van der Waals surface area contributed by atoms with Crippen molar-refractivity contribution in [1.82, 2.24) is 15.1 Å². The molecule has 1 saturated heterocycles. The first-order chi connectivity index (χ1) is 15.1.